The minimum Gasteiger partial charge on any atom is -0.316 e. The number of hydrogen-bond acceptors (Lipinski definition) is 2. The van der Waals surface area contributed by atoms with E-state index in [0.29, 0.717) is 5.41 Å². The van der Waals surface area contributed by atoms with Gasteiger partial charge in [0.15, 0.2) is 0 Å². The van der Waals surface area contributed by atoms with Gasteiger partial charge in [-0.1, -0.05) is 26.7 Å². The van der Waals surface area contributed by atoms with E-state index >= 15 is 0 Å². The highest BCUT2D eigenvalue weighted by Gasteiger charge is 2.45. The second kappa shape index (κ2) is 4.84. The largest absolute Gasteiger partial charge is 0.316 e. The molecule has 2 atom stereocenters. The van der Waals surface area contributed by atoms with E-state index in [1.165, 1.54) is 51.9 Å². The van der Waals surface area contributed by atoms with Crippen LogP contribution in [0.1, 0.15) is 39.5 Å². The first-order chi connectivity index (χ1) is 7.27. The molecule has 2 heteroatoms. The fourth-order valence-corrected chi connectivity index (χ4v) is 3.38. The molecule has 2 nitrogen and oxygen atoms in total. The van der Waals surface area contributed by atoms with E-state index in [9.17, 15) is 0 Å². The first-order valence-electron chi connectivity index (χ1n) is 6.68. The standard InChI is InChI=1S/C13H26N2/c1-3-4-11(2)7-12-8-14-6-5-13(12)9-15-10-13/h11-12,14-15H,3-10H2,1-2H3. The second-order valence-corrected chi connectivity index (χ2v) is 5.75. The molecule has 15 heavy (non-hydrogen) atoms. The van der Waals surface area contributed by atoms with Crippen LogP contribution in [0, 0.1) is 17.3 Å². The highest BCUT2D eigenvalue weighted by molar-refractivity contribution is 5.00. The summed E-state index contributed by atoms with van der Waals surface area (Å²) in [5, 5.41) is 7.06. The van der Waals surface area contributed by atoms with Crippen LogP contribution in [0.15, 0.2) is 0 Å². The number of nitrogens with one attached hydrogen (secondary N) is 2. The maximum atomic E-state index is 3.58. The van der Waals surface area contributed by atoms with Gasteiger partial charge in [-0.2, -0.15) is 0 Å². The van der Waals surface area contributed by atoms with Crippen molar-refractivity contribution in [1.82, 2.24) is 10.6 Å². The van der Waals surface area contributed by atoms with Gasteiger partial charge in [0.25, 0.3) is 0 Å². The van der Waals surface area contributed by atoms with Crippen LogP contribution in [0.25, 0.3) is 0 Å². The lowest BCUT2D eigenvalue weighted by molar-refractivity contribution is 0.0296. The molecule has 2 unspecified atom stereocenters. The van der Waals surface area contributed by atoms with E-state index in [1.807, 2.05) is 0 Å². The van der Waals surface area contributed by atoms with Crippen molar-refractivity contribution in [3.8, 4) is 0 Å². The molecule has 2 aliphatic rings. The molecule has 1 spiro atoms. The molecule has 0 aromatic carbocycles. The van der Waals surface area contributed by atoms with E-state index in [1.54, 1.807) is 0 Å². The van der Waals surface area contributed by atoms with E-state index in [4.69, 9.17) is 0 Å². The van der Waals surface area contributed by atoms with E-state index in [0.717, 1.165) is 11.8 Å². The van der Waals surface area contributed by atoms with Crippen LogP contribution in [0.5, 0.6) is 0 Å². The van der Waals surface area contributed by atoms with E-state index < -0.39 is 0 Å². The Morgan fingerprint density at radius 2 is 2.13 bits per heavy atom. The molecule has 0 aromatic heterocycles. The molecular weight excluding hydrogens is 184 g/mol. The Morgan fingerprint density at radius 1 is 1.33 bits per heavy atom. The number of hydrogen-bond donors (Lipinski definition) is 2. The molecular formula is C13H26N2. The molecule has 0 aliphatic carbocycles. The molecule has 2 rings (SSSR count). The summed E-state index contributed by atoms with van der Waals surface area (Å²) in [5.74, 6) is 1.84. The molecule has 0 aromatic rings. The maximum absolute atomic E-state index is 3.58. The summed E-state index contributed by atoms with van der Waals surface area (Å²) < 4.78 is 0. The maximum Gasteiger partial charge on any atom is 0.00239 e. The monoisotopic (exact) mass is 210 g/mol. The van der Waals surface area contributed by atoms with Crippen molar-refractivity contribution < 1.29 is 0 Å². The van der Waals surface area contributed by atoms with Gasteiger partial charge in [0.1, 0.15) is 0 Å². The van der Waals surface area contributed by atoms with E-state index in [2.05, 4.69) is 24.5 Å². The summed E-state index contributed by atoms with van der Waals surface area (Å²) in [6, 6.07) is 0. The second-order valence-electron chi connectivity index (χ2n) is 5.75. The van der Waals surface area contributed by atoms with Crippen LogP contribution < -0.4 is 10.6 Å². The molecule has 2 aliphatic heterocycles. The smallest absolute Gasteiger partial charge is 0.00239 e. The number of piperidine rings is 1. The quantitative estimate of drug-likeness (QED) is 0.742. The predicted octanol–water partition coefficient (Wildman–Crippen LogP) is 2.01. The van der Waals surface area contributed by atoms with Gasteiger partial charge < -0.3 is 10.6 Å². The van der Waals surface area contributed by atoms with Gasteiger partial charge in [0.2, 0.25) is 0 Å². The molecule has 2 saturated heterocycles. The molecule has 0 saturated carbocycles. The van der Waals surface area contributed by atoms with Crippen LogP contribution in [0.2, 0.25) is 0 Å². The van der Waals surface area contributed by atoms with Gasteiger partial charge in [-0.25, -0.2) is 0 Å². The molecule has 2 fully saturated rings. The minimum atomic E-state index is 0.674. The Balaban J connectivity index is 1.88. The average Bonchev–Trinajstić information content (AvgIpc) is 2.16. The molecule has 0 bridgehead atoms. The van der Waals surface area contributed by atoms with Crippen molar-refractivity contribution in [2.24, 2.45) is 17.3 Å². The molecule has 2 N–H and O–H groups in total. The third-order valence-electron chi connectivity index (χ3n) is 4.48. The van der Waals surface area contributed by atoms with Crippen molar-refractivity contribution in [1.29, 1.82) is 0 Å². The first kappa shape index (κ1) is 11.4. The zero-order valence-electron chi connectivity index (χ0n) is 10.3. The Hall–Kier alpha value is -0.0800. The third kappa shape index (κ3) is 2.36. The van der Waals surface area contributed by atoms with Crippen LogP contribution >= 0.6 is 0 Å². The zero-order valence-corrected chi connectivity index (χ0v) is 10.3. The zero-order chi connectivity index (χ0) is 10.7. The van der Waals surface area contributed by atoms with Crippen LogP contribution in [-0.4, -0.2) is 26.2 Å². The van der Waals surface area contributed by atoms with Crippen LogP contribution in [0.3, 0.4) is 0 Å². The van der Waals surface area contributed by atoms with Gasteiger partial charge in [-0.05, 0) is 37.8 Å². The van der Waals surface area contributed by atoms with Crippen molar-refractivity contribution in [3.63, 3.8) is 0 Å². The van der Waals surface area contributed by atoms with Crippen LogP contribution in [-0.2, 0) is 0 Å². The Morgan fingerprint density at radius 3 is 2.73 bits per heavy atom. The SMILES string of the molecule is CCCC(C)CC1CNCCC12CNC2. The van der Waals surface area contributed by atoms with Gasteiger partial charge in [0.05, 0.1) is 0 Å². The van der Waals surface area contributed by atoms with Crippen molar-refractivity contribution in [2.45, 2.75) is 39.5 Å². The molecule has 0 amide bonds. The average molecular weight is 210 g/mol. The fraction of sp³-hybridized carbons (Fsp3) is 1.00. The highest BCUT2D eigenvalue weighted by atomic mass is 15.0. The third-order valence-corrected chi connectivity index (χ3v) is 4.48. The number of rotatable bonds is 4. The molecule has 0 radical (unpaired) electrons. The summed E-state index contributed by atoms with van der Waals surface area (Å²) in [7, 11) is 0. The van der Waals surface area contributed by atoms with Gasteiger partial charge in [-0.3, -0.25) is 0 Å². The van der Waals surface area contributed by atoms with E-state index in [-0.39, 0.29) is 0 Å². The van der Waals surface area contributed by atoms with Gasteiger partial charge >= 0.3 is 0 Å². The Kier molecular flexibility index (Phi) is 3.68. The Bertz CT molecular complexity index is 199. The lowest BCUT2D eigenvalue weighted by Crippen LogP contribution is -2.62. The molecule has 2 heterocycles. The van der Waals surface area contributed by atoms with Crippen LogP contribution in [0.4, 0.5) is 0 Å². The summed E-state index contributed by atoms with van der Waals surface area (Å²) in [6.45, 7) is 9.78. The van der Waals surface area contributed by atoms with Gasteiger partial charge in [0, 0.05) is 18.5 Å². The topological polar surface area (TPSA) is 24.1 Å². The van der Waals surface area contributed by atoms with Gasteiger partial charge in [-0.15, -0.1) is 0 Å². The van der Waals surface area contributed by atoms with Crippen molar-refractivity contribution >= 4 is 0 Å². The van der Waals surface area contributed by atoms with Crippen molar-refractivity contribution in [3.05, 3.63) is 0 Å². The van der Waals surface area contributed by atoms with Crippen molar-refractivity contribution in [2.75, 3.05) is 26.2 Å². The highest BCUT2D eigenvalue weighted by Crippen LogP contribution is 2.41. The summed E-state index contributed by atoms with van der Waals surface area (Å²) >= 11 is 0. The summed E-state index contributed by atoms with van der Waals surface area (Å²) in [4.78, 5) is 0. The lowest BCUT2D eigenvalue weighted by Gasteiger charge is -2.52. The molecule has 88 valence electrons. The lowest BCUT2D eigenvalue weighted by atomic mass is 9.64. The summed E-state index contributed by atoms with van der Waals surface area (Å²) in [5.41, 5.74) is 0.674. The Labute approximate surface area is 94.2 Å². The predicted molar refractivity (Wildman–Crippen MR) is 65.0 cm³/mol. The first-order valence-corrected chi connectivity index (χ1v) is 6.68. The normalized spacial score (nSPS) is 31.2. The summed E-state index contributed by atoms with van der Waals surface area (Å²) in [6.07, 6.45) is 5.57. The fourth-order valence-electron chi connectivity index (χ4n) is 3.38. The minimum absolute atomic E-state index is 0.674.